The average molecular weight is 716 g/mol. The van der Waals surface area contributed by atoms with Crippen molar-refractivity contribution in [1.82, 2.24) is 0 Å². The van der Waals surface area contributed by atoms with Crippen LogP contribution in [0.3, 0.4) is 0 Å². The summed E-state index contributed by atoms with van der Waals surface area (Å²) in [5.41, 5.74) is 16.6. The Kier molecular flexibility index (Phi) is 8.55. The first kappa shape index (κ1) is 33.2. The summed E-state index contributed by atoms with van der Waals surface area (Å²) in [6.45, 7) is 0. The number of nitrogens with zero attached hydrogens (tertiary/aromatic N) is 1. The van der Waals surface area contributed by atoms with Gasteiger partial charge in [-0.15, -0.1) is 0 Å². The van der Waals surface area contributed by atoms with Crippen molar-refractivity contribution in [1.29, 1.82) is 0 Å². The normalized spacial score (nSPS) is 11.2. The highest BCUT2D eigenvalue weighted by Gasteiger charge is 2.21. The third-order valence-corrected chi connectivity index (χ3v) is 10.7. The molecule has 0 aliphatic heterocycles. The lowest BCUT2D eigenvalue weighted by molar-refractivity contribution is 0.670. The predicted octanol–water partition coefficient (Wildman–Crippen LogP) is 15.4. The van der Waals surface area contributed by atoms with E-state index < -0.39 is 0 Å². The summed E-state index contributed by atoms with van der Waals surface area (Å²) in [7, 11) is 0. The zero-order valence-electron chi connectivity index (χ0n) is 30.7. The van der Waals surface area contributed by atoms with Crippen LogP contribution in [-0.4, -0.2) is 0 Å². The Morgan fingerprint density at radius 3 is 1.38 bits per heavy atom. The van der Waals surface area contributed by atoms with Crippen LogP contribution in [0.1, 0.15) is 0 Å². The van der Waals surface area contributed by atoms with E-state index in [4.69, 9.17) is 4.42 Å². The fraction of sp³-hybridized carbons (Fsp3) is 0. The Balaban J connectivity index is 1.16. The number of hydrogen-bond donors (Lipinski definition) is 0. The van der Waals surface area contributed by atoms with Gasteiger partial charge in [-0.05, 0) is 93.0 Å². The number of fused-ring (bicyclic) bond motifs is 3. The van der Waals surface area contributed by atoms with Crippen LogP contribution in [0.5, 0.6) is 0 Å². The Morgan fingerprint density at radius 1 is 0.286 bits per heavy atom. The summed E-state index contributed by atoms with van der Waals surface area (Å²) in [6.07, 6.45) is 0. The van der Waals surface area contributed by atoms with Crippen molar-refractivity contribution in [3.63, 3.8) is 0 Å². The number of rotatable bonds is 8. The average Bonchev–Trinajstić information content (AvgIpc) is 3.66. The Morgan fingerprint density at radius 2 is 0.750 bits per heavy atom. The van der Waals surface area contributed by atoms with Crippen molar-refractivity contribution in [2.75, 3.05) is 4.90 Å². The van der Waals surface area contributed by atoms with Gasteiger partial charge < -0.3 is 9.32 Å². The van der Waals surface area contributed by atoms with Crippen LogP contribution in [-0.2, 0) is 0 Å². The summed E-state index contributed by atoms with van der Waals surface area (Å²) in [6, 6.07) is 80.1. The molecule has 2 heteroatoms. The number of benzene rings is 9. The molecule has 264 valence electrons. The Labute approximate surface area is 327 Å². The van der Waals surface area contributed by atoms with Gasteiger partial charge in [0.1, 0.15) is 11.2 Å². The van der Waals surface area contributed by atoms with Crippen molar-refractivity contribution >= 4 is 39.0 Å². The third kappa shape index (κ3) is 6.24. The second-order valence-electron chi connectivity index (χ2n) is 14.1. The van der Waals surface area contributed by atoms with E-state index in [1.165, 1.54) is 27.8 Å². The quantitative estimate of drug-likeness (QED) is 0.156. The summed E-state index contributed by atoms with van der Waals surface area (Å²) in [4.78, 5) is 2.39. The van der Waals surface area contributed by atoms with E-state index in [0.717, 1.165) is 66.8 Å². The molecule has 1 aromatic heterocycles. The van der Waals surface area contributed by atoms with Gasteiger partial charge in [-0.2, -0.15) is 0 Å². The minimum absolute atomic E-state index is 0.886. The van der Waals surface area contributed by atoms with Gasteiger partial charge in [0.25, 0.3) is 0 Å². The molecular formula is C54H37NO. The first-order valence-electron chi connectivity index (χ1n) is 19.1. The minimum atomic E-state index is 0.886. The van der Waals surface area contributed by atoms with Crippen molar-refractivity contribution in [2.24, 2.45) is 0 Å². The zero-order chi connectivity index (χ0) is 37.3. The van der Waals surface area contributed by atoms with Gasteiger partial charge in [0.05, 0.1) is 5.69 Å². The smallest absolute Gasteiger partial charge is 0.143 e. The predicted molar refractivity (Wildman–Crippen MR) is 236 cm³/mol. The molecule has 0 amide bonds. The van der Waals surface area contributed by atoms with E-state index in [0.29, 0.717) is 0 Å². The first-order chi connectivity index (χ1) is 27.8. The van der Waals surface area contributed by atoms with Crippen molar-refractivity contribution in [2.45, 2.75) is 0 Å². The maximum Gasteiger partial charge on any atom is 0.143 e. The number of hydrogen-bond acceptors (Lipinski definition) is 2. The lowest BCUT2D eigenvalue weighted by atomic mass is 9.92. The van der Waals surface area contributed by atoms with Gasteiger partial charge in [-0.1, -0.05) is 176 Å². The van der Waals surface area contributed by atoms with Gasteiger partial charge in [-0.3, -0.25) is 0 Å². The fourth-order valence-corrected chi connectivity index (χ4v) is 7.88. The number of para-hydroxylation sites is 2. The van der Waals surface area contributed by atoms with Gasteiger partial charge >= 0.3 is 0 Å². The van der Waals surface area contributed by atoms with E-state index in [1.807, 2.05) is 6.07 Å². The van der Waals surface area contributed by atoms with E-state index in [9.17, 15) is 0 Å². The molecule has 10 aromatic rings. The van der Waals surface area contributed by atoms with E-state index >= 15 is 0 Å². The highest BCUT2D eigenvalue weighted by atomic mass is 16.3. The molecule has 0 radical (unpaired) electrons. The van der Waals surface area contributed by atoms with Gasteiger partial charge in [0.2, 0.25) is 0 Å². The highest BCUT2D eigenvalue weighted by molar-refractivity contribution is 6.12. The fourth-order valence-electron chi connectivity index (χ4n) is 7.88. The monoisotopic (exact) mass is 715 g/mol. The second-order valence-corrected chi connectivity index (χ2v) is 14.1. The summed E-state index contributed by atoms with van der Waals surface area (Å²) in [5, 5.41) is 2.21. The van der Waals surface area contributed by atoms with Crippen LogP contribution < -0.4 is 4.90 Å². The van der Waals surface area contributed by atoms with Crippen LogP contribution >= 0.6 is 0 Å². The largest absolute Gasteiger partial charge is 0.455 e. The van der Waals surface area contributed by atoms with Gasteiger partial charge in [0, 0.05) is 33.3 Å². The zero-order valence-corrected chi connectivity index (χ0v) is 30.7. The highest BCUT2D eigenvalue weighted by Crippen LogP contribution is 2.46. The molecule has 2 nitrogen and oxygen atoms in total. The van der Waals surface area contributed by atoms with Crippen LogP contribution in [0.15, 0.2) is 229 Å². The molecule has 0 aliphatic rings. The summed E-state index contributed by atoms with van der Waals surface area (Å²) in [5.74, 6) is 0. The van der Waals surface area contributed by atoms with Gasteiger partial charge in [-0.25, -0.2) is 0 Å². The van der Waals surface area contributed by atoms with Crippen molar-refractivity contribution < 1.29 is 4.42 Å². The molecule has 9 aromatic carbocycles. The molecule has 0 atom stereocenters. The first-order valence-corrected chi connectivity index (χ1v) is 19.1. The van der Waals surface area contributed by atoms with Crippen molar-refractivity contribution in [3.8, 4) is 55.6 Å². The second kappa shape index (κ2) is 14.4. The number of furan rings is 1. The van der Waals surface area contributed by atoms with Crippen LogP contribution in [0, 0.1) is 0 Å². The Hall–Kier alpha value is -7.42. The molecule has 0 unspecified atom stereocenters. The lowest BCUT2D eigenvalue weighted by Gasteiger charge is -2.29. The molecule has 0 saturated heterocycles. The molecular weight excluding hydrogens is 679 g/mol. The molecule has 0 saturated carbocycles. The van der Waals surface area contributed by atoms with Crippen LogP contribution in [0.4, 0.5) is 17.1 Å². The van der Waals surface area contributed by atoms with Crippen LogP contribution in [0.2, 0.25) is 0 Å². The molecule has 0 spiro atoms. The van der Waals surface area contributed by atoms with E-state index in [-0.39, 0.29) is 0 Å². The van der Waals surface area contributed by atoms with Gasteiger partial charge in [0.15, 0.2) is 0 Å². The lowest BCUT2D eigenvalue weighted by Crippen LogP contribution is -2.11. The molecule has 1 heterocycles. The number of anilines is 3. The minimum Gasteiger partial charge on any atom is -0.455 e. The summed E-state index contributed by atoms with van der Waals surface area (Å²) < 4.78 is 6.59. The summed E-state index contributed by atoms with van der Waals surface area (Å²) >= 11 is 0. The SMILES string of the molecule is c1ccc(-c2ccc(-c3ccc(N(c4ccccc4)c4cc(-c5ccccc5)ccc4-c4cc(-c5ccccc5)c5oc6ccccc6c5c4)cc3)cc2)cc1. The molecule has 0 N–H and O–H groups in total. The molecule has 0 fully saturated rings. The van der Waals surface area contributed by atoms with Crippen LogP contribution in [0.25, 0.3) is 77.6 Å². The van der Waals surface area contributed by atoms with E-state index in [2.05, 4.69) is 223 Å². The maximum atomic E-state index is 6.59. The Bertz CT molecular complexity index is 2920. The maximum absolute atomic E-state index is 6.59. The third-order valence-electron chi connectivity index (χ3n) is 10.7. The molecule has 56 heavy (non-hydrogen) atoms. The molecule has 10 rings (SSSR count). The topological polar surface area (TPSA) is 16.4 Å². The van der Waals surface area contributed by atoms with Crippen molar-refractivity contribution in [3.05, 3.63) is 224 Å². The van der Waals surface area contributed by atoms with E-state index in [1.54, 1.807) is 0 Å². The molecule has 0 bridgehead atoms. The molecule has 0 aliphatic carbocycles. The standard InChI is InChI=1S/C54H37NO/c1-5-15-38(16-6-1)40-25-27-41(28-26-40)42-29-32-47(33-30-42)55(46-21-11-4-12-22-46)52-37-44(39-17-7-2-8-18-39)31-34-48(52)45-35-50(43-19-9-3-10-20-43)54-51(36-45)49-23-13-14-24-53(49)56-54/h1-37H.